The normalized spacial score (nSPS) is 12.4. The van der Waals surface area contributed by atoms with Gasteiger partial charge in [-0.3, -0.25) is 0 Å². The fourth-order valence-corrected chi connectivity index (χ4v) is 2.08. The second-order valence-corrected chi connectivity index (χ2v) is 5.39. The fourth-order valence-electron chi connectivity index (χ4n) is 2.08. The van der Waals surface area contributed by atoms with E-state index in [-0.39, 0.29) is 36.4 Å². The molecule has 1 heterocycles. The molecule has 1 aromatic heterocycles. The maximum atomic E-state index is 13.3. The quantitative estimate of drug-likeness (QED) is 0.390. The Morgan fingerprint density at radius 2 is 2.04 bits per heavy atom. The number of rotatable bonds is 6. The molecule has 2 N–H and O–H groups in total. The molecule has 2 rings (SSSR count). The molecular formula is C16H22F2IN5O. The van der Waals surface area contributed by atoms with Crippen LogP contribution in [0.3, 0.4) is 0 Å². The summed E-state index contributed by atoms with van der Waals surface area (Å²) in [5.74, 6) is -0.129. The summed E-state index contributed by atoms with van der Waals surface area (Å²) >= 11 is 0. The van der Waals surface area contributed by atoms with Crippen molar-refractivity contribution >= 4 is 29.9 Å². The highest BCUT2D eigenvalue weighted by molar-refractivity contribution is 14.0. The number of hydrogen-bond donors (Lipinski definition) is 2. The largest absolute Gasteiger partial charge is 0.357 e. The van der Waals surface area contributed by atoms with Crippen molar-refractivity contribution in [2.45, 2.75) is 33.2 Å². The summed E-state index contributed by atoms with van der Waals surface area (Å²) in [6, 6.07) is 3.93. The van der Waals surface area contributed by atoms with Gasteiger partial charge in [-0.05, 0) is 37.5 Å². The third kappa shape index (κ3) is 6.56. The number of hydrogen-bond acceptors (Lipinski definition) is 4. The summed E-state index contributed by atoms with van der Waals surface area (Å²) in [6.07, 6.45) is 0. The number of halogens is 3. The Bertz CT molecular complexity index is 708. The van der Waals surface area contributed by atoms with E-state index in [2.05, 4.69) is 25.8 Å². The topological polar surface area (TPSA) is 75.3 Å². The number of aliphatic imine (C=N–C) groups is 1. The van der Waals surface area contributed by atoms with Crippen LogP contribution in [0, 0.1) is 18.6 Å². The maximum Gasteiger partial charge on any atom is 0.248 e. The molecule has 0 bridgehead atoms. The van der Waals surface area contributed by atoms with Crippen LogP contribution in [-0.2, 0) is 6.54 Å². The minimum atomic E-state index is -0.844. The van der Waals surface area contributed by atoms with Crippen LogP contribution in [0.2, 0.25) is 0 Å². The predicted molar refractivity (Wildman–Crippen MR) is 102 cm³/mol. The molecule has 0 saturated carbocycles. The molecule has 0 spiro atoms. The van der Waals surface area contributed by atoms with Crippen LogP contribution in [0.5, 0.6) is 0 Å². The Balaban J connectivity index is 0.00000312. The lowest BCUT2D eigenvalue weighted by Gasteiger charge is -2.16. The van der Waals surface area contributed by atoms with Crippen molar-refractivity contribution in [3.63, 3.8) is 0 Å². The van der Waals surface area contributed by atoms with E-state index in [1.54, 1.807) is 13.0 Å². The lowest BCUT2D eigenvalue weighted by Crippen LogP contribution is -2.39. The second-order valence-electron chi connectivity index (χ2n) is 5.39. The van der Waals surface area contributed by atoms with Crippen molar-refractivity contribution in [1.29, 1.82) is 0 Å². The van der Waals surface area contributed by atoms with Crippen molar-refractivity contribution in [2.24, 2.45) is 4.99 Å². The van der Waals surface area contributed by atoms with Gasteiger partial charge < -0.3 is 15.2 Å². The third-order valence-corrected chi connectivity index (χ3v) is 3.37. The minimum absolute atomic E-state index is 0. The Morgan fingerprint density at radius 3 is 2.64 bits per heavy atom. The number of nitrogens with one attached hydrogen (secondary N) is 2. The van der Waals surface area contributed by atoms with Crippen molar-refractivity contribution in [2.75, 3.05) is 13.1 Å². The summed E-state index contributed by atoms with van der Waals surface area (Å²) in [6.45, 7) is 7.07. The molecule has 1 unspecified atom stereocenters. The van der Waals surface area contributed by atoms with Gasteiger partial charge in [0, 0.05) is 13.1 Å². The average Bonchev–Trinajstić information content (AvgIpc) is 2.98. The van der Waals surface area contributed by atoms with Gasteiger partial charge in [0.05, 0.1) is 0 Å². The first-order valence-electron chi connectivity index (χ1n) is 7.76. The SMILES string of the molecule is CCNC(=NCc1nc(C)no1)NCC(C)c1ccc(F)c(F)c1.I. The van der Waals surface area contributed by atoms with E-state index in [4.69, 9.17) is 4.52 Å². The summed E-state index contributed by atoms with van der Waals surface area (Å²) in [5.41, 5.74) is 0.713. The lowest BCUT2D eigenvalue weighted by molar-refractivity contribution is 0.376. The number of guanidine groups is 1. The smallest absolute Gasteiger partial charge is 0.248 e. The Kier molecular flexibility index (Phi) is 8.73. The van der Waals surface area contributed by atoms with Crippen molar-refractivity contribution < 1.29 is 13.3 Å². The van der Waals surface area contributed by atoms with E-state index in [1.165, 1.54) is 6.07 Å². The molecule has 0 radical (unpaired) electrons. The molecule has 9 heteroatoms. The maximum absolute atomic E-state index is 13.3. The minimum Gasteiger partial charge on any atom is -0.357 e. The van der Waals surface area contributed by atoms with Crippen molar-refractivity contribution in [3.8, 4) is 0 Å². The zero-order valence-corrected chi connectivity index (χ0v) is 16.7. The Labute approximate surface area is 162 Å². The van der Waals surface area contributed by atoms with Gasteiger partial charge in [-0.15, -0.1) is 24.0 Å². The first-order valence-corrected chi connectivity index (χ1v) is 7.76. The van der Waals surface area contributed by atoms with Gasteiger partial charge in [-0.25, -0.2) is 13.8 Å². The fraction of sp³-hybridized carbons (Fsp3) is 0.438. The van der Waals surface area contributed by atoms with E-state index >= 15 is 0 Å². The molecule has 0 aliphatic rings. The molecule has 0 saturated heterocycles. The standard InChI is InChI=1S/C16H21F2N5O.HI/c1-4-19-16(21-9-15-22-11(3)23-24-15)20-8-10(2)12-5-6-13(17)14(18)7-12;/h5-7,10H,4,8-9H2,1-3H3,(H2,19,20,21);1H. The highest BCUT2D eigenvalue weighted by Crippen LogP contribution is 2.17. The molecule has 0 aliphatic carbocycles. The van der Waals surface area contributed by atoms with Crippen LogP contribution < -0.4 is 10.6 Å². The molecular weight excluding hydrogens is 443 g/mol. The van der Waals surface area contributed by atoms with E-state index in [9.17, 15) is 8.78 Å². The van der Waals surface area contributed by atoms with Crippen LogP contribution in [0.4, 0.5) is 8.78 Å². The Hall–Kier alpha value is -1.78. The molecule has 25 heavy (non-hydrogen) atoms. The molecule has 6 nitrogen and oxygen atoms in total. The highest BCUT2D eigenvalue weighted by Gasteiger charge is 2.10. The van der Waals surface area contributed by atoms with Crippen LogP contribution in [0.25, 0.3) is 0 Å². The summed E-state index contributed by atoms with van der Waals surface area (Å²) in [7, 11) is 0. The van der Waals surface area contributed by atoms with Gasteiger partial charge >= 0.3 is 0 Å². The van der Waals surface area contributed by atoms with Gasteiger partial charge in [0.1, 0.15) is 6.54 Å². The van der Waals surface area contributed by atoms with Crippen LogP contribution in [-0.4, -0.2) is 29.2 Å². The number of benzene rings is 1. The monoisotopic (exact) mass is 465 g/mol. The number of nitrogens with zero attached hydrogens (tertiary/aromatic N) is 3. The van der Waals surface area contributed by atoms with Crippen molar-refractivity contribution in [1.82, 2.24) is 20.8 Å². The van der Waals surface area contributed by atoms with Crippen LogP contribution in [0.1, 0.15) is 37.0 Å². The van der Waals surface area contributed by atoms with Gasteiger partial charge in [0.15, 0.2) is 23.4 Å². The lowest BCUT2D eigenvalue weighted by atomic mass is 10.0. The number of aryl methyl sites for hydroxylation is 1. The molecule has 2 aromatic rings. The average molecular weight is 465 g/mol. The van der Waals surface area contributed by atoms with Crippen LogP contribution in [0.15, 0.2) is 27.7 Å². The summed E-state index contributed by atoms with van der Waals surface area (Å²) in [5, 5.41) is 9.97. The third-order valence-electron chi connectivity index (χ3n) is 3.37. The molecule has 1 aromatic carbocycles. The van der Waals surface area contributed by atoms with E-state index in [0.29, 0.717) is 36.3 Å². The molecule has 0 fully saturated rings. The van der Waals surface area contributed by atoms with E-state index in [1.807, 2.05) is 13.8 Å². The van der Waals surface area contributed by atoms with Gasteiger partial charge in [0.2, 0.25) is 5.89 Å². The van der Waals surface area contributed by atoms with E-state index in [0.717, 1.165) is 6.07 Å². The van der Waals surface area contributed by atoms with Gasteiger partial charge in [-0.1, -0.05) is 18.1 Å². The number of aromatic nitrogens is 2. The molecule has 0 amide bonds. The Morgan fingerprint density at radius 1 is 1.28 bits per heavy atom. The first-order chi connectivity index (χ1) is 11.5. The van der Waals surface area contributed by atoms with Crippen LogP contribution >= 0.6 is 24.0 Å². The van der Waals surface area contributed by atoms with Crippen molar-refractivity contribution in [3.05, 3.63) is 47.1 Å². The zero-order chi connectivity index (χ0) is 17.5. The van der Waals surface area contributed by atoms with Gasteiger partial charge in [0.25, 0.3) is 0 Å². The molecule has 0 aliphatic heterocycles. The molecule has 1 atom stereocenters. The highest BCUT2D eigenvalue weighted by atomic mass is 127. The molecule has 138 valence electrons. The predicted octanol–water partition coefficient (Wildman–Crippen LogP) is 3.13. The second kappa shape index (κ2) is 10.3. The van der Waals surface area contributed by atoms with Gasteiger partial charge in [-0.2, -0.15) is 4.98 Å². The summed E-state index contributed by atoms with van der Waals surface area (Å²) in [4.78, 5) is 8.44. The van der Waals surface area contributed by atoms with E-state index < -0.39 is 11.6 Å². The first kappa shape index (κ1) is 21.3. The summed E-state index contributed by atoms with van der Waals surface area (Å²) < 4.78 is 31.3. The zero-order valence-electron chi connectivity index (χ0n) is 14.3.